The van der Waals surface area contributed by atoms with Crippen molar-refractivity contribution in [2.24, 2.45) is 0 Å². The molecule has 0 N–H and O–H groups in total. The Kier molecular flexibility index (Phi) is 3.93. The minimum Gasteiger partial charge on any atom is -0.364 e. The van der Waals surface area contributed by atoms with E-state index in [1.54, 1.807) is 11.3 Å². The summed E-state index contributed by atoms with van der Waals surface area (Å²) in [5, 5.41) is 11.4. The Morgan fingerprint density at radius 1 is 1.29 bits per heavy atom. The van der Waals surface area contributed by atoms with Crippen molar-refractivity contribution in [1.29, 1.82) is 0 Å². The van der Waals surface area contributed by atoms with Gasteiger partial charge in [-0.15, -0.1) is 16.4 Å². The molecular formula is C16H19N5O2S. The van der Waals surface area contributed by atoms with E-state index >= 15 is 0 Å². The van der Waals surface area contributed by atoms with E-state index in [1.807, 2.05) is 36.3 Å². The number of rotatable bonds is 3. The highest BCUT2D eigenvalue weighted by Gasteiger charge is 2.43. The summed E-state index contributed by atoms with van der Waals surface area (Å²) in [5.74, 6) is 0.856. The molecule has 0 saturated carbocycles. The molecule has 7 nitrogen and oxygen atoms in total. The molecular weight excluding hydrogens is 326 g/mol. The summed E-state index contributed by atoms with van der Waals surface area (Å²) in [7, 11) is 0. The molecule has 24 heavy (non-hydrogen) atoms. The number of carbonyl (C=O) groups excluding carboxylic acids is 1. The molecule has 0 aliphatic carbocycles. The molecule has 4 rings (SSSR count). The molecule has 0 unspecified atom stereocenters. The fraction of sp³-hybridized carbons (Fsp3) is 0.500. The van der Waals surface area contributed by atoms with E-state index in [4.69, 9.17) is 4.74 Å². The van der Waals surface area contributed by atoms with Crippen molar-refractivity contribution in [3.05, 3.63) is 33.9 Å². The number of hydrogen-bond acceptors (Lipinski definition) is 7. The molecule has 0 aromatic carbocycles. The Bertz CT molecular complexity index is 747. The zero-order chi connectivity index (χ0) is 16.7. The normalized spacial score (nSPS) is 23.7. The highest BCUT2D eigenvalue weighted by Crippen LogP contribution is 2.28. The summed E-state index contributed by atoms with van der Waals surface area (Å²) in [6, 6.07) is 3.94. The van der Waals surface area contributed by atoms with Gasteiger partial charge in [-0.05, 0) is 26.0 Å². The number of fused-ring (bicyclic) bond motifs is 1. The van der Waals surface area contributed by atoms with Crippen LogP contribution in [0.5, 0.6) is 0 Å². The van der Waals surface area contributed by atoms with E-state index < -0.39 is 0 Å². The molecule has 0 bridgehead atoms. The van der Waals surface area contributed by atoms with E-state index in [0.717, 1.165) is 28.8 Å². The number of morpholine rings is 1. The fourth-order valence-electron chi connectivity index (χ4n) is 3.27. The minimum absolute atomic E-state index is 0.00513. The Labute approximate surface area is 144 Å². The Balaban J connectivity index is 1.53. The van der Waals surface area contributed by atoms with Crippen molar-refractivity contribution >= 4 is 23.1 Å². The van der Waals surface area contributed by atoms with Crippen molar-refractivity contribution < 1.29 is 9.53 Å². The summed E-state index contributed by atoms with van der Waals surface area (Å²) < 4.78 is 5.76. The first kappa shape index (κ1) is 15.5. The number of anilines is 1. The average molecular weight is 345 g/mol. The Hall–Kier alpha value is -2.06. The van der Waals surface area contributed by atoms with E-state index in [-0.39, 0.29) is 24.7 Å². The molecule has 2 saturated heterocycles. The maximum absolute atomic E-state index is 12.4. The van der Waals surface area contributed by atoms with Crippen molar-refractivity contribution in [2.75, 3.05) is 24.6 Å². The molecule has 2 fully saturated rings. The molecule has 4 heterocycles. The van der Waals surface area contributed by atoms with Crippen LogP contribution in [0.25, 0.3) is 0 Å². The van der Waals surface area contributed by atoms with Gasteiger partial charge in [0.05, 0.1) is 35.1 Å². The number of amides is 1. The monoisotopic (exact) mass is 345 g/mol. The maximum atomic E-state index is 12.4. The first-order valence-electron chi connectivity index (χ1n) is 7.97. The van der Waals surface area contributed by atoms with Crippen molar-refractivity contribution in [1.82, 2.24) is 20.1 Å². The van der Waals surface area contributed by atoms with E-state index in [0.29, 0.717) is 13.1 Å². The number of hydrogen-bond donors (Lipinski definition) is 0. The van der Waals surface area contributed by atoms with Gasteiger partial charge >= 0.3 is 0 Å². The lowest BCUT2D eigenvalue weighted by molar-refractivity contribution is -0.154. The standard InChI is InChI=1S/C16H19N5O2S/c1-10-3-4-15(19-18-10)20-6-13-14(7-20)23-8-16(22)21(13)5-12-9-24-11(2)17-12/h3-4,9,13-14H,5-8H2,1-2H3/t13-,14-/m1/s1. The van der Waals surface area contributed by atoms with Crippen LogP contribution in [-0.4, -0.2) is 57.8 Å². The van der Waals surface area contributed by atoms with Crippen molar-refractivity contribution in [3.8, 4) is 0 Å². The minimum atomic E-state index is 0.00513. The zero-order valence-electron chi connectivity index (χ0n) is 13.7. The van der Waals surface area contributed by atoms with Crippen molar-refractivity contribution in [2.45, 2.75) is 32.5 Å². The predicted octanol–water partition coefficient (Wildman–Crippen LogP) is 1.17. The second-order valence-corrected chi connectivity index (χ2v) is 7.30. The smallest absolute Gasteiger partial charge is 0.249 e. The molecule has 2 aliphatic heterocycles. The maximum Gasteiger partial charge on any atom is 0.249 e. The number of thiazole rings is 1. The van der Waals surface area contributed by atoms with Gasteiger partial charge in [0, 0.05) is 18.5 Å². The summed E-state index contributed by atoms with van der Waals surface area (Å²) >= 11 is 1.61. The number of ether oxygens (including phenoxy) is 1. The fourth-order valence-corrected chi connectivity index (χ4v) is 3.88. The number of aryl methyl sites for hydroxylation is 2. The third-order valence-corrected chi connectivity index (χ3v) is 5.31. The largest absolute Gasteiger partial charge is 0.364 e. The third-order valence-electron chi connectivity index (χ3n) is 4.49. The highest BCUT2D eigenvalue weighted by atomic mass is 32.1. The van der Waals surface area contributed by atoms with Crippen LogP contribution >= 0.6 is 11.3 Å². The summed E-state index contributed by atoms with van der Waals surface area (Å²) in [6.07, 6.45) is 0.00513. The lowest BCUT2D eigenvalue weighted by atomic mass is 10.1. The van der Waals surface area contributed by atoms with Crippen LogP contribution in [0, 0.1) is 13.8 Å². The molecule has 2 aromatic rings. The lowest BCUT2D eigenvalue weighted by Gasteiger charge is -2.36. The van der Waals surface area contributed by atoms with Gasteiger partial charge in [0.25, 0.3) is 0 Å². The first-order valence-corrected chi connectivity index (χ1v) is 8.85. The molecule has 2 atom stereocenters. The van der Waals surface area contributed by atoms with Crippen LogP contribution in [0.4, 0.5) is 5.82 Å². The first-order chi connectivity index (χ1) is 11.6. The van der Waals surface area contributed by atoms with E-state index in [2.05, 4.69) is 20.1 Å². The van der Waals surface area contributed by atoms with Crippen LogP contribution < -0.4 is 4.90 Å². The van der Waals surface area contributed by atoms with Gasteiger partial charge in [-0.2, -0.15) is 5.10 Å². The third kappa shape index (κ3) is 2.87. The topological polar surface area (TPSA) is 71.5 Å². The zero-order valence-corrected chi connectivity index (χ0v) is 14.5. The molecule has 8 heteroatoms. The Morgan fingerprint density at radius 3 is 2.88 bits per heavy atom. The lowest BCUT2D eigenvalue weighted by Crippen LogP contribution is -2.53. The van der Waals surface area contributed by atoms with Gasteiger partial charge < -0.3 is 14.5 Å². The van der Waals surface area contributed by atoms with Crippen LogP contribution in [-0.2, 0) is 16.1 Å². The highest BCUT2D eigenvalue weighted by molar-refractivity contribution is 7.09. The molecule has 2 aliphatic rings. The van der Waals surface area contributed by atoms with E-state index in [1.165, 1.54) is 0 Å². The Morgan fingerprint density at radius 2 is 2.17 bits per heavy atom. The van der Waals surface area contributed by atoms with Gasteiger partial charge in [0.15, 0.2) is 5.82 Å². The van der Waals surface area contributed by atoms with Gasteiger partial charge in [-0.25, -0.2) is 4.98 Å². The van der Waals surface area contributed by atoms with Crippen LogP contribution in [0.3, 0.4) is 0 Å². The molecule has 1 amide bonds. The number of nitrogens with zero attached hydrogens (tertiary/aromatic N) is 5. The molecule has 0 radical (unpaired) electrons. The molecule has 2 aromatic heterocycles. The number of carbonyl (C=O) groups is 1. The summed E-state index contributed by atoms with van der Waals surface area (Å²) in [6.45, 7) is 6.00. The van der Waals surface area contributed by atoms with E-state index in [9.17, 15) is 4.79 Å². The van der Waals surface area contributed by atoms with Crippen LogP contribution in [0.1, 0.15) is 16.4 Å². The van der Waals surface area contributed by atoms with Gasteiger partial charge in [-0.3, -0.25) is 4.79 Å². The predicted molar refractivity (Wildman–Crippen MR) is 89.9 cm³/mol. The van der Waals surface area contributed by atoms with Crippen molar-refractivity contribution in [3.63, 3.8) is 0 Å². The summed E-state index contributed by atoms with van der Waals surface area (Å²) in [4.78, 5) is 20.9. The SMILES string of the molecule is Cc1ccc(N2C[C@@H]3[C@@H](C2)OCC(=O)N3Cc2csc(C)n2)nn1. The number of aromatic nitrogens is 3. The molecule has 126 valence electrons. The second kappa shape index (κ2) is 6.10. The van der Waals surface area contributed by atoms with Gasteiger partial charge in [0.1, 0.15) is 6.61 Å². The van der Waals surface area contributed by atoms with Crippen LogP contribution in [0.2, 0.25) is 0 Å². The summed E-state index contributed by atoms with van der Waals surface area (Å²) in [5.41, 5.74) is 1.84. The van der Waals surface area contributed by atoms with Gasteiger partial charge in [-0.1, -0.05) is 0 Å². The molecule has 0 spiro atoms. The second-order valence-electron chi connectivity index (χ2n) is 6.23. The quantitative estimate of drug-likeness (QED) is 0.831. The average Bonchev–Trinajstić information content (AvgIpc) is 3.17. The van der Waals surface area contributed by atoms with Gasteiger partial charge in [0.2, 0.25) is 5.91 Å². The van der Waals surface area contributed by atoms with Crippen LogP contribution in [0.15, 0.2) is 17.5 Å².